The average Bonchev–Trinajstić information content (AvgIpc) is 3.17. The lowest BCUT2D eigenvalue weighted by Gasteiger charge is -2.07. The molecule has 10 heteroatoms. The summed E-state index contributed by atoms with van der Waals surface area (Å²) in [5.41, 5.74) is 1.66. The lowest BCUT2D eigenvalue weighted by molar-refractivity contribution is -0.117. The van der Waals surface area contributed by atoms with E-state index in [0.29, 0.717) is 23.4 Å². The number of fused-ring (bicyclic) bond motifs is 1. The third kappa shape index (κ3) is 5.61. The number of rotatable bonds is 8. The molecule has 0 saturated carbocycles. The Morgan fingerprint density at radius 2 is 1.77 bits per heavy atom. The fourth-order valence-electron chi connectivity index (χ4n) is 3.41. The SMILES string of the molecule is CCOC(=O)c1cccc(NC(=O)Cn2nc3ccc(C(=O)NCc4ccccc4)cn3c2=O)c1. The molecular formula is C25H23N5O5. The number of hydrogen-bond donors (Lipinski definition) is 2. The number of benzene rings is 2. The number of ether oxygens (including phenoxy) is 1. The molecule has 0 aliphatic heterocycles. The Hall–Kier alpha value is -4.73. The number of anilines is 1. The summed E-state index contributed by atoms with van der Waals surface area (Å²) in [6.45, 7) is 1.95. The number of pyridine rings is 1. The Morgan fingerprint density at radius 3 is 2.54 bits per heavy atom. The lowest BCUT2D eigenvalue weighted by atomic mass is 10.2. The van der Waals surface area contributed by atoms with Gasteiger partial charge in [0.1, 0.15) is 6.54 Å². The Balaban J connectivity index is 1.44. The standard InChI is InChI=1S/C25H23N5O5/c1-2-35-24(33)18-9-6-10-20(13-18)27-22(31)16-30-25(34)29-15-19(11-12-21(29)28-30)23(32)26-14-17-7-4-3-5-8-17/h3-13,15H,2,14,16H2,1H3,(H,26,32)(H,27,31). The molecule has 4 rings (SSSR count). The maximum absolute atomic E-state index is 12.8. The molecule has 0 bridgehead atoms. The first-order valence-electron chi connectivity index (χ1n) is 10.9. The van der Waals surface area contributed by atoms with Crippen molar-refractivity contribution in [1.29, 1.82) is 0 Å². The van der Waals surface area contributed by atoms with E-state index in [1.165, 1.54) is 22.7 Å². The first kappa shape index (κ1) is 23.4. The van der Waals surface area contributed by atoms with Crippen molar-refractivity contribution in [3.63, 3.8) is 0 Å². The van der Waals surface area contributed by atoms with Crippen LogP contribution in [0.5, 0.6) is 0 Å². The molecule has 0 fully saturated rings. The third-order valence-electron chi connectivity index (χ3n) is 5.09. The molecule has 2 N–H and O–H groups in total. The van der Waals surface area contributed by atoms with Crippen LogP contribution in [0.2, 0.25) is 0 Å². The summed E-state index contributed by atoms with van der Waals surface area (Å²) < 4.78 is 7.18. The average molecular weight is 473 g/mol. The highest BCUT2D eigenvalue weighted by molar-refractivity contribution is 5.95. The molecule has 178 valence electrons. The first-order chi connectivity index (χ1) is 16.9. The second-order valence-corrected chi connectivity index (χ2v) is 7.60. The number of esters is 1. The largest absolute Gasteiger partial charge is 0.462 e. The maximum atomic E-state index is 12.8. The van der Waals surface area contributed by atoms with E-state index in [1.54, 1.807) is 31.2 Å². The molecule has 35 heavy (non-hydrogen) atoms. The zero-order valence-electron chi connectivity index (χ0n) is 18.9. The number of carbonyl (C=O) groups is 3. The van der Waals surface area contributed by atoms with Crippen LogP contribution in [0.1, 0.15) is 33.2 Å². The molecule has 0 aliphatic carbocycles. The maximum Gasteiger partial charge on any atom is 0.350 e. The number of hydrogen-bond acceptors (Lipinski definition) is 6. The summed E-state index contributed by atoms with van der Waals surface area (Å²) in [5.74, 6) is -1.34. The van der Waals surface area contributed by atoms with Gasteiger partial charge < -0.3 is 15.4 Å². The van der Waals surface area contributed by atoms with Crippen molar-refractivity contribution >= 4 is 29.1 Å². The summed E-state index contributed by atoms with van der Waals surface area (Å²) in [7, 11) is 0. The predicted octanol–water partition coefficient (Wildman–Crippen LogP) is 2.24. The summed E-state index contributed by atoms with van der Waals surface area (Å²) in [6.07, 6.45) is 1.39. The van der Waals surface area contributed by atoms with Crippen molar-refractivity contribution in [2.24, 2.45) is 0 Å². The summed E-state index contributed by atoms with van der Waals surface area (Å²) in [6, 6.07) is 18.9. The second kappa shape index (κ2) is 10.5. The number of nitrogens with zero attached hydrogens (tertiary/aromatic N) is 3. The Kier molecular flexibility index (Phi) is 7.01. The summed E-state index contributed by atoms with van der Waals surface area (Å²) in [4.78, 5) is 49.7. The van der Waals surface area contributed by atoms with Crippen LogP contribution < -0.4 is 16.3 Å². The normalized spacial score (nSPS) is 10.7. The molecule has 0 unspecified atom stereocenters. The molecule has 10 nitrogen and oxygen atoms in total. The summed E-state index contributed by atoms with van der Waals surface area (Å²) in [5, 5.41) is 9.61. The molecule has 0 spiro atoms. The number of carbonyl (C=O) groups excluding carboxylic acids is 3. The van der Waals surface area contributed by atoms with E-state index in [-0.39, 0.29) is 24.6 Å². The van der Waals surface area contributed by atoms with E-state index in [4.69, 9.17) is 4.74 Å². The van der Waals surface area contributed by atoms with Gasteiger partial charge in [0.25, 0.3) is 5.91 Å². The highest BCUT2D eigenvalue weighted by atomic mass is 16.5. The zero-order chi connectivity index (χ0) is 24.8. The van der Waals surface area contributed by atoms with Crippen LogP contribution in [0, 0.1) is 0 Å². The van der Waals surface area contributed by atoms with Gasteiger partial charge in [-0.15, -0.1) is 5.10 Å². The van der Waals surface area contributed by atoms with Crippen LogP contribution in [0.15, 0.2) is 77.7 Å². The van der Waals surface area contributed by atoms with E-state index in [2.05, 4.69) is 15.7 Å². The van der Waals surface area contributed by atoms with Crippen molar-refractivity contribution in [3.05, 3.63) is 100 Å². The van der Waals surface area contributed by atoms with Gasteiger partial charge >= 0.3 is 11.7 Å². The van der Waals surface area contributed by atoms with Gasteiger partial charge in [-0.05, 0) is 42.8 Å². The van der Waals surface area contributed by atoms with Crippen molar-refractivity contribution in [3.8, 4) is 0 Å². The van der Waals surface area contributed by atoms with Crippen LogP contribution in [-0.4, -0.2) is 38.6 Å². The molecule has 0 saturated heterocycles. The van der Waals surface area contributed by atoms with Crippen molar-refractivity contribution in [2.45, 2.75) is 20.0 Å². The minimum absolute atomic E-state index is 0.239. The quantitative estimate of drug-likeness (QED) is 0.378. The van der Waals surface area contributed by atoms with Gasteiger partial charge in [0, 0.05) is 18.4 Å². The number of amides is 2. The second-order valence-electron chi connectivity index (χ2n) is 7.60. The van der Waals surface area contributed by atoms with Gasteiger partial charge in [0.2, 0.25) is 5.91 Å². The van der Waals surface area contributed by atoms with Crippen LogP contribution in [0.25, 0.3) is 5.65 Å². The van der Waals surface area contributed by atoms with Gasteiger partial charge in [-0.25, -0.2) is 18.7 Å². The fourth-order valence-corrected chi connectivity index (χ4v) is 3.41. The Labute approximate surface area is 200 Å². The van der Waals surface area contributed by atoms with Crippen molar-refractivity contribution < 1.29 is 19.1 Å². The molecule has 0 radical (unpaired) electrons. The molecule has 2 aromatic heterocycles. The topological polar surface area (TPSA) is 124 Å². The predicted molar refractivity (Wildman–Crippen MR) is 128 cm³/mol. The lowest BCUT2D eigenvalue weighted by Crippen LogP contribution is -2.28. The Morgan fingerprint density at radius 1 is 0.971 bits per heavy atom. The minimum atomic E-state index is -0.562. The minimum Gasteiger partial charge on any atom is -0.462 e. The highest BCUT2D eigenvalue weighted by Crippen LogP contribution is 2.12. The van der Waals surface area contributed by atoms with E-state index >= 15 is 0 Å². The van der Waals surface area contributed by atoms with Crippen LogP contribution >= 0.6 is 0 Å². The third-order valence-corrected chi connectivity index (χ3v) is 5.09. The van der Waals surface area contributed by atoms with Gasteiger partial charge in [0.15, 0.2) is 5.65 Å². The summed E-state index contributed by atoms with van der Waals surface area (Å²) >= 11 is 0. The van der Waals surface area contributed by atoms with Crippen molar-refractivity contribution in [2.75, 3.05) is 11.9 Å². The monoisotopic (exact) mass is 473 g/mol. The zero-order valence-corrected chi connectivity index (χ0v) is 18.9. The number of aromatic nitrogens is 3. The molecule has 0 atom stereocenters. The van der Waals surface area contributed by atoms with E-state index in [1.807, 2.05) is 30.3 Å². The van der Waals surface area contributed by atoms with E-state index in [0.717, 1.165) is 10.2 Å². The fraction of sp³-hybridized carbons (Fsp3) is 0.160. The molecule has 0 aliphatic rings. The van der Waals surface area contributed by atoms with Gasteiger partial charge in [-0.1, -0.05) is 36.4 Å². The van der Waals surface area contributed by atoms with Crippen LogP contribution in [-0.2, 0) is 22.6 Å². The van der Waals surface area contributed by atoms with Gasteiger partial charge in [0.05, 0.1) is 17.7 Å². The smallest absolute Gasteiger partial charge is 0.350 e. The van der Waals surface area contributed by atoms with Gasteiger partial charge in [-0.3, -0.25) is 9.59 Å². The Bertz CT molecular complexity index is 1440. The van der Waals surface area contributed by atoms with Crippen LogP contribution in [0.4, 0.5) is 5.69 Å². The van der Waals surface area contributed by atoms with E-state index in [9.17, 15) is 19.2 Å². The molecule has 2 amide bonds. The molecule has 2 heterocycles. The first-order valence-corrected chi connectivity index (χ1v) is 10.9. The van der Waals surface area contributed by atoms with Crippen molar-refractivity contribution in [1.82, 2.24) is 19.5 Å². The van der Waals surface area contributed by atoms with Gasteiger partial charge in [-0.2, -0.15) is 0 Å². The molecular weight excluding hydrogens is 450 g/mol. The molecule has 4 aromatic rings. The van der Waals surface area contributed by atoms with Crippen LogP contribution in [0.3, 0.4) is 0 Å². The highest BCUT2D eigenvalue weighted by Gasteiger charge is 2.14. The van der Waals surface area contributed by atoms with E-state index < -0.39 is 17.6 Å². The molecule has 2 aromatic carbocycles. The number of nitrogens with one attached hydrogen (secondary N) is 2.